The van der Waals surface area contributed by atoms with Crippen LogP contribution in [0.15, 0.2) is 6.07 Å². The summed E-state index contributed by atoms with van der Waals surface area (Å²) >= 11 is 0. The Balaban J connectivity index is 1.63. The van der Waals surface area contributed by atoms with E-state index in [2.05, 4.69) is 28.3 Å². The van der Waals surface area contributed by atoms with Gasteiger partial charge in [-0.05, 0) is 46.2 Å². The summed E-state index contributed by atoms with van der Waals surface area (Å²) in [5.41, 5.74) is 1.44. The lowest BCUT2D eigenvalue weighted by atomic mass is 9.80. The average molecular weight is 333 g/mol. The molecule has 2 aliphatic heterocycles. The van der Waals surface area contributed by atoms with Gasteiger partial charge in [-0.1, -0.05) is 0 Å². The maximum absolute atomic E-state index is 12.5. The molecule has 7 nitrogen and oxygen atoms in total. The van der Waals surface area contributed by atoms with Crippen molar-refractivity contribution >= 4 is 11.9 Å². The van der Waals surface area contributed by atoms with Crippen molar-refractivity contribution in [1.29, 1.82) is 0 Å². The number of carbonyl (C=O) groups excluding carboxylic acids is 2. The normalized spacial score (nSPS) is 28.5. The van der Waals surface area contributed by atoms with Crippen molar-refractivity contribution in [1.82, 2.24) is 24.9 Å². The SMILES string of the molecule is Cc1cc(C)n(CCN2CCC[C@H]([C@]3(C)NC(=O)N(C)C3=O)C2)n1. The van der Waals surface area contributed by atoms with E-state index in [0.717, 1.165) is 44.7 Å². The molecular weight excluding hydrogens is 306 g/mol. The smallest absolute Gasteiger partial charge is 0.323 e. The number of likely N-dealkylation sites (N-methyl/N-ethyl adjacent to an activating group) is 1. The van der Waals surface area contributed by atoms with Crippen LogP contribution in [0.2, 0.25) is 0 Å². The second kappa shape index (κ2) is 6.20. The first-order chi connectivity index (χ1) is 11.3. The summed E-state index contributed by atoms with van der Waals surface area (Å²) < 4.78 is 2.04. The molecule has 0 aliphatic carbocycles. The number of likely N-dealkylation sites (tertiary alicyclic amines) is 1. The van der Waals surface area contributed by atoms with Crippen LogP contribution in [0, 0.1) is 19.8 Å². The standard InChI is InChI=1S/C17H27N5O2/c1-12-10-13(2)22(19-12)9-8-21-7-5-6-14(11-21)17(3)15(23)20(4)16(24)18-17/h10,14H,5-9,11H2,1-4H3,(H,18,24)/t14-,17-/m0/s1. The number of hydrogen-bond donors (Lipinski definition) is 1. The molecule has 1 N–H and O–H groups in total. The minimum atomic E-state index is -0.775. The Hall–Kier alpha value is -1.89. The zero-order chi connectivity index (χ0) is 17.5. The van der Waals surface area contributed by atoms with Gasteiger partial charge in [-0.25, -0.2) is 4.79 Å². The van der Waals surface area contributed by atoms with Gasteiger partial charge in [0.2, 0.25) is 0 Å². The molecule has 2 atom stereocenters. The van der Waals surface area contributed by atoms with Gasteiger partial charge in [0.05, 0.1) is 12.2 Å². The minimum Gasteiger partial charge on any atom is -0.323 e. The van der Waals surface area contributed by atoms with E-state index < -0.39 is 5.54 Å². The van der Waals surface area contributed by atoms with E-state index >= 15 is 0 Å². The molecule has 1 aromatic rings. The van der Waals surface area contributed by atoms with Gasteiger partial charge in [0.1, 0.15) is 5.54 Å². The molecule has 0 spiro atoms. The largest absolute Gasteiger partial charge is 0.324 e. The number of nitrogens with zero attached hydrogens (tertiary/aromatic N) is 4. The fraction of sp³-hybridized carbons (Fsp3) is 0.706. The summed E-state index contributed by atoms with van der Waals surface area (Å²) in [6.07, 6.45) is 2.01. The van der Waals surface area contributed by atoms with Crippen LogP contribution < -0.4 is 5.32 Å². The van der Waals surface area contributed by atoms with Crippen molar-refractivity contribution < 1.29 is 9.59 Å². The van der Waals surface area contributed by atoms with Gasteiger partial charge in [-0.2, -0.15) is 5.10 Å². The molecule has 2 aliphatic rings. The highest BCUT2D eigenvalue weighted by atomic mass is 16.2. The highest BCUT2D eigenvalue weighted by Crippen LogP contribution is 2.31. The van der Waals surface area contributed by atoms with Crippen LogP contribution in [-0.2, 0) is 11.3 Å². The van der Waals surface area contributed by atoms with Crippen molar-refractivity contribution in [3.63, 3.8) is 0 Å². The molecular formula is C17H27N5O2. The number of nitrogens with one attached hydrogen (secondary N) is 1. The number of imide groups is 1. The predicted octanol–water partition coefficient (Wildman–Crippen LogP) is 1.15. The Labute approximate surface area is 143 Å². The molecule has 1 aromatic heterocycles. The first-order valence-corrected chi connectivity index (χ1v) is 8.65. The van der Waals surface area contributed by atoms with E-state index in [-0.39, 0.29) is 17.9 Å². The molecule has 0 aromatic carbocycles. The van der Waals surface area contributed by atoms with Gasteiger partial charge in [0.15, 0.2) is 0 Å². The second-order valence-electron chi connectivity index (χ2n) is 7.29. The van der Waals surface area contributed by atoms with Gasteiger partial charge in [0, 0.05) is 31.7 Å². The molecule has 24 heavy (non-hydrogen) atoms. The zero-order valence-electron chi connectivity index (χ0n) is 15.0. The van der Waals surface area contributed by atoms with Crippen molar-refractivity contribution in [3.8, 4) is 0 Å². The molecule has 0 unspecified atom stereocenters. The van der Waals surface area contributed by atoms with E-state index in [1.807, 2.05) is 18.5 Å². The number of aromatic nitrogens is 2. The van der Waals surface area contributed by atoms with Crippen molar-refractivity contribution in [2.24, 2.45) is 5.92 Å². The molecule has 132 valence electrons. The number of urea groups is 1. The summed E-state index contributed by atoms with van der Waals surface area (Å²) in [5, 5.41) is 7.41. The molecule has 0 radical (unpaired) electrons. The van der Waals surface area contributed by atoms with Gasteiger partial charge in [-0.15, -0.1) is 0 Å². The van der Waals surface area contributed by atoms with Crippen molar-refractivity contribution in [3.05, 3.63) is 17.5 Å². The number of amides is 3. The number of piperidine rings is 1. The highest BCUT2D eigenvalue weighted by molar-refractivity contribution is 6.06. The average Bonchev–Trinajstić information content (AvgIpc) is 2.98. The van der Waals surface area contributed by atoms with E-state index in [4.69, 9.17) is 0 Å². The molecule has 2 fully saturated rings. The number of rotatable bonds is 4. The Bertz CT molecular complexity index is 655. The first-order valence-electron chi connectivity index (χ1n) is 8.65. The summed E-state index contributed by atoms with van der Waals surface area (Å²) in [7, 11) is 1.55. The fourth-order valence-electron chi connectivity index (χ4n) is 3.94. The fourth-order valence-corrected chi connectivity index (χ4v) is 3.94. The second-order valence-corrected chi connectivity index (χ2v) is 7.29. The zero-order valence-corrected chi connectivity index (χ0v) is 15.0. The van der Waals surface area contributed by atoms with Gasteiger partial charge < -0.3 is 10.2 Å². The molecule has 3 rings (SSSR count). The first kappa shape index (κ1) is 17.0. The lowest BCUT2D eigenvalue weighted by Crippen LogP contribution is -2.56. The summed E-state index contributed by atoms with van der Waals surface area (Å²) in [4.78, 5) is 27.9. The van der Waals surface area contributed by atoms with Gasteiger partial charge in [0.25, 0.3) is 5.91 Å². The summed E-state index contributed by atoms with van der Waals surface area (Å²) in [5.74, 6) is 0.0333. The van der Waals surface area contributed by atoms with Crippen LogP contribution in [0.5, 0.6) is 0 Å². The minimum absolute atomic E-state index is 0.113. The van der Waals surface area contributed by atoms with Crippen molar-refractivity contribution in [2.75, 3.05) is 26.7 Å². The Morgan fingerprint density at radius 2 is 2.08 bits per heavy atom. The molecule has 0 bridgehead atoms. The van der Waals surface area contributed by atoms with Crippen LogP contribution in [-0.4, -0.2) is 63.7 Å². The topological polar surface area (TPSA) is 70.5 Å². The van der Waals surface area contributed by atoms with E-state index in [1.165, 1.54) is 10.6 Å². The quantitative estimate of drug-likeness (QED) is 0.839. The molecule has 0 saturated carbocycles. The Morgan fingerprint density at radius 1 is 1.33 bits per heavy atom. The predicted molar refractivity (Wildman–Crippen MR) is 90.6 cm³/mol. The van der Waals surface area contributed by atoms with Gasteiger partial charge in [-0.3, -0.25) is 14.4 Å². The monoisotopic (exact) mass is 333 g/mol. The Kier molecular flexibility index (Phi) is 4.38. The highest BCUT2D eigenvalue weighted by Gasteiger charge is 2.51. The molecule has 2 saturated heterocycles. The number of carbonyl (C=O) groups is 2. The van der Waals surface area contributed by atoms with Crippen LogP contribution >= 0.6 is 0 Å². The number of hydrogen-bond acceptors (Lipinski definition) is 4. The Morgan fingerprint density at radius 3 is 2.67 bits per heavy atom. The summed E-state index contributed by atoms with van der Waals surface area (Å²) in [6, 6.07) is 1.80. The van der Waals surface area contributed by atoms with Crippen LogP contribution in [0.25, 0.3) is 0 Å². The lowest BCUT2D eigenvalue weighted by molar-refractivity contribution is -0.132. The third kappa shape index (κ3) is 2.92. The van der Waals surface area contributed by atoms with Gasteiger partial charge >= 0.3 is 6.03 Å². The molecule has 7 heteroatoms. The lowest BCUT2D eigenvalue weighted by Gasteiger charge is -2.39. The third-order valence-corrected chi connectivity index (χ3v) is 5.47. The third-order valence-electron chi connectivity index (χ3n) is 5.47. The van der Waals surface area contributed by atoms with E-state index in [9.17, 15) is 9.59 Å². The molecule has 3 amide bonds. The maximum atomic E-state index is 12.5. The maximum Gasteiger partial charge on any atom is 0.324 e. The number of aryl methyl sites for hydroxylation is 2. The van der Waals surface area contributed by atoms with Crippen LogP contribution in [0.1, 0.15) is 31.2 Å². The van der Waals surface area contributed by atoms with Crippen LogP contribution in [0.3, 0.4) is 0 Å². The van der Waals surface area contributed by atoms with Crippen molar-refractivity contribution in [2.45, 2.75) is 45.7 Å². The van der Waals surface area contributed by atoms with E-state index in [0.29, 0.717) is 0 Å². The summed E-state index contributed by atoms with van der Waals surface area (Å²) in [6.45, 7) is 9.57. The van der Waals surface area contributed by atoms with Crippen LogP contribution in [0.4, 0.5) is 4.79 Å². The van der Waals surface area contributed by atoms with E-state index in [1.54, 1.807) is 7.05 Å². The molecule has 3 heterocycles.